The van der Waals surface area contributed by atoms with Crippen LogP contribution < -0.4 is 15.9 Å². The van der Waals surface area contributed by atoms with Crippen molar-refractivity contribution in [1.29, 1.82) is 10.7 Å². The summed E-state index contributed by atoms with van der Waals surface area (Å²) in [5, 5.41) is 19.4. The fraction of sp³-hybridized carbons (Fsp3) is 0.100. The number of halogens is 2. The summed E-state index contributed by atoms with van der Waals surface area (Å²) in [4.78, 5) is 0. The number of anilines is 1. The lowest BCUT2D eigenvalue weighted by atomic mass is 10.3. The number of hydrogen-bond donors (Lipinski definition) is 3. The average molecular weight is 314 g/mol. The second-order valence-corrected chi connectivity index (χ2v) is 3.92. The highest BCUT2D eigenvalue weighted by atomic mass is 79.9. The zero-order valence-corrected chi connectivity index (χ0v) is 10.9. The van der Waals surface area contributed by atoms with Gasteiger partial charge < -0.3 is 10.5 Å². The van der Waals surface area contributed by atoms with Crippen LogP contribution in [0.2, 0.25) is 0 Å². The lowest BCUT2D eigenvalue weighted by Gasteiger charge is -2.10. The van der Waals surface area contributed by atoms with Gasteiger partial charge in [0.25, 0.3) is 0 Å². The van der Waals surface area contributed by atoms with Gasteiger partial charge in [-0.25, -0.2) is 4.39 Å². The molecule has 1 aromatic rings. The molecule has 0 spiro atoms. The molecule has 94 valence electrons. The molecule has 0 aliphatic rings. The van der Waals surface area contributed by atoms with E-state index in [9.17, 15) is 4.39 Å². The molecule has 1 rings (SSSR count). The number of hydrazone groups is 1. The molecule has 0 saturated carbocycles. The largest absolute Gasteiger partial charge is 0.494 e. The molecule has 0 radical (unpaired) electrons. The van der Waals surface area contributed by atoms with E-state index in [2.05, 4.69) is 26.5 Å². The standard InChI is InChI=1S/C10H9BrFN5O/c1-18-8-3-5(12)2-6(11)9(8)17-16-7(4-13)10(14)15/h2-3,17H,1H3,(H3,14,15)/b16-7+. The van der Waals surface area contributed by atoms with Gasteiger partial charge in [0.2, 0.25) is 5.71 Å². The van der Waals surface area contributed by atoms with Crippen molar-refractivity contribution >= 4 is 33.2 Å². The van der Waals surface area contributed by atoms with Crippen LogP contribution in [0.4, 0.5) is 10.1 Å². The topological polar surface area (TPSA) is 107 Å². The van der Waals surface area contributed by atoms with Crippen LogP contribution in [-0.4, -0.2) is 18.7 Å². The summed E-state index contributed by atoms with van der Waals surface area (Å²) >= 11 is 3.13. The van der Waals surface area contributed by atoms with Gasteiger partial charge >= 0.3 is 0 Å². The molecule has 0 atom stereocenters. The predicted octanol–water partition coefficient (Wildman–Crippen LogP) is 1.82. The Morgan fingerprint density at radius 1 is 1.67 bits per heavy atom. The van der Waals surface area contributed by atoms with E-state index in [4.69, 9.17) is 21.1 Å². The first-order valence-electron chi connectivity index (χ1n) is 4.60. The Hall–Kier alpha value is -2.14. The third-order valence-corrected chi connectivity index (χ3v) is 2.50. The number of nitrogens with zero attached hydrogens (tertiary/aromatic N) is 2. The number of rotatable bonds is 4. The van der Waals surface area contributed by atoms with Crippen molar-refractivity contribution in [3.63, 3.8) is 0 Å². The van der Waals surface area contributed by atoms with Gasteiger partial charge in [-0.2, -0.15) is 10.4 Å². The highest BCUT2D eigenvalue weighted by Crippen LogP contribution is 2.33. The third kappa shape index (κ3) is 3.18. The minimum atomic E-state index is -0.486. The second-order valence-electron chi connectivity index (χ2n) is 3.06. The van der Waals surface area contributed by atoms with Crippen LogP contribution in [0.25, 0.3) is 0 Å². The number of amidine groups is 1. The lowest BCUT2D eigenvalue weighted by Crippen LogP contribution is -2.22. The van der Waals surface area contributed by atoms with Crippen LogP contribution in [0.5, 0.6) is 5.75 Å². The van der Waals surface area contributed by atoms with Crippen molar-refractivity contribution in [2.45, 2.75) is 0 Å². The molecule has 6 nitrogen and oxygen atoms in total. The van der Waals surface area contributed by atoms with E-state index in [1.54, 1.807) is 6.07 Å². The molecule has 1 aromatic carbocycles. The Morgan fingerprint density at radius 3 is 2.83 bits per heavy atom. The fourth-order valence-electron chi connectivity index (χ4n) is 1.08. The van der Waals surface area contributed by atoms with Crippen LogP contribution in [0.1, 0.15) is 0 Å². The first kappa shape index (κ1) is 13.9. The quantitative estimate of drug-likeness (QED) is 0.447. The van der Waals surface area contributed by atoms with Crippen molar-refractivity contribution in [3.05, 3.63) is 22.4 Å². The SMILES string of the molecule is COc1cc(F)cc(Br)c1N/N=C(\C#N)C(=N)N. The molecule has 4 N–H and O–H groups in total. The average Bonchev–Trinajstić information content (AvgIpc) is 2.31. The van der Waals surface area contributed by atoms with Crippen LogP contribution in [0, 0.1) is 22.6 Å². The number of nitrogens with two attached hydrogens (primary N) is 1. The number of hydrogen-bond acceptors (Lipinski definition) is 5. The van der Waals surface area contributed by atoms with Crippen molar-refractivity contribution in [2.24, 2.45) is 10.8 Å². The van der Waals surface area contributed by atoms with Gasteiger partial charge in [-0.1, -0.05) is 0 Å². The van der Waals surface area contributed by atoms with E-state index < -0.39 is 11.7 Å². The third-order valence-electron chi connectivity index (χ3n) is 1.88. The van der Waals surface area contributed by atoms with Gasteiger partial charge in [0.15, 0.2) is 5.84 Å². The first-order valence-corrected chi connectivity index (χ1v) is 5.40. The highest BCUT2D eigenvalue weighted by molar-refractivity contribution is 9.10. The maximum absolute atomic E-state index is 13.1. The normalized spacial score (nSPS) is 10.7. The number of nitriles is 1. The molecule has 0 aromatic heterocycles. The Morgan fingerprint density at radius 2 is 2.33 bits per heavy atom. The van der Waals surface area contributed by atoms with E-state index in [0.717, 1.165) is 6.07 Å². The fourth-order valence-corrected chi connectivity index (χ4v) is 1.58. The van der Waals surface area contributed by atoms with Crippen LogP contribution in [0.3, 0.4) is 0 Å². The maximum atomic E-state index is 13.1. The summed E-state index contributed by atoms with van der Waals surface area (Å²) < 4.78 is 18.4. The molecule has 0 saturated heterocycles. The molecule has 0 bridgehead atoms. The molecular formula is C10H9BrFN5O. The van der Waals surface area contributed by atoms with Gasteiger partial charge in [-0.15, -0.1) is 0 Å². The van der Waals surface area contributed by atoms with Crippen molar-refractivity contribution in [2.75, 3.05) is 12.5 Å². The Balaban J connectivity index is 3.12. The van der Waals surface area contributed by atoms with Gasteiger partial charge in [0, 0.05) is 10.5 Å². The summed E-state index contributed by atoms with van der Waals surface area (Å²) in [6, 6.07) is 4.01. The molecule has 8 heteroatoms. The summed E-state index contributed by atoms with van der Waals surface area (Å²) in [5.41, 5.74) is 7.67. The molecule has 18 heavy (non-hydrogen) atoms. The molecule has 0 aliphatic carbocycles. The minimum absolute atomic E-state index is 0.200. The second kappa shape index (κ2) is 5.97. The number of benzene rings is 1. The predicted molar refractivity (Wildman–Crippen MR) is 69.2 cm³/mol. The van der Waals surface area contributed by atoms with Gasteiger partial charge in [0.1, 0.15) is 23.3 Å². The number of ether oxygens (including phenoxy) is 1. The highest BCUT2D eigenvalue weighted by Gasteiger charge is 2.10. The van der Waals surface area contributed by atoms with Crippen LogP contribution in [0.15, 0.2) is 21.7 Å². The van der Waals surface area contributed by atoms with Gasteiger partial charge in [0.05, 0.1) is 7.11 Å². The molecular weight excluding hydrogens is 305 g/mol. The molecule has 0 aliphatic heterocycles. The monoisotopic (exact) mass is 313 g/mol. The minimum Gasteiger partial charge on any atom is -0.494 e. The van der Waals surface area contributed by atoms with Crippen LogP contribution >= 0.6 is 15.9 Å². The summed E-state index contributed by atoms with van der Waals surface area (Å²) in [7, 11) is 1.37. The lowest BCUT2D eigenvalue weighted by molar-refractivity contribution is 0.413. The first-order chi connectivity index (χ1) is 8.49. The zero-order valence-electron chi connectivity index (χ0n) is 9.29. The Bertz CT molecular complexity index is 552. The number of nitrogens with one attached hydrogen (secondary N) is 2. The Labute approximate surface area is 111 Å². The Kier molecular flexibility index (Phi) is 4.62. The molecule has 0 amide bonds. The van der Waals surface area contributed by atoms with Crippen molar-refractivity contribution < 1.29 is 9.13 Å². The summed E-state index contributed by atoms with van der Waals surface area (Å²) in [6.45, 7) is 0. The van der Waals surface area contributed by atoms with Crippen molar-refractivity contribution in [3.8, 4) is 11.8 Å². The molecule has 0 unspecified atom stereocenters. The zero-order chi connectivity index (χ0) is 13.7. The molecule has 0 fully saturated rings. The smallest absolute Gasteiger partial charge is 0.201 e. The van der Waals surface area contributed by atoms with Crippen molar-refractivity contribution in [1.82, 2.24) is 0 Å². The maximum Gasteiger partial charge on any atom is 0.201 e. The number of methoxy groups -OCH3 is 1. The summed E-state index contributed by atoms with van der Waals surface area (Å²) in [5.74, 6) is -0.756. The van der Waals surface area contributed by atoms with E-state index in [-0.39, 0.29) is 11.5 Å². The van der Waals surface area contributed by atoms with E-state index >= 15 is 0 Å². The van der Waals surface area contributed by atoms with Gasteiger partial charge in [-0.3, -0.25) is 10.8 Å². The van der Waals surface area contributed by atoms with E-state index in [1.165, 1.54) is 13.2 Å². The van der Waals surface area contributed by atoms with Gasteiger partial charge in [-0.05, 0) is 22.0 Å². The summed E-state index contributed by atoms with van der Waals surface area (Å²) in [6.07, 6.45) is 0. The van der Waals surface area contributed by atoms with E-state index in [1.807, 2.05) is 0 Å². The van der Waals surface area contributed by atoms with E-state index in [0.29, 0.717) is 10.2 Å². The van der Waals surface area contributed by atoms with Crippen LogP contribution in [-0.2, 0) is 0 Å². The molecule has 0 heterocycles.